The van der Waals surface area contributed by atoms with Gasteiger partial charge in [0.2, 0.25) is 11.6 Å². The van der Waals surface area contributed by atoms with Gasteiger partial charge in [-0.15, -0.1) is 0 Å². The molecule has 1 aromatic heterocycles. The summed E-state index contributed by atoms with van der Waals surface area (Å²) in [5.74, 6) is -1.12. The first-order valence-corrected chi connectivity index (χ1v) is 6.47. The van der Waals surface area contributed by atoms with Crippen LogP contribution in [0.1, 0.15) is 36.8 Å². The Labute approximate surface area is 121 Å². The van der Waals surface area contributed by atoms with Crippen molar-refractivity contribution in [1.29, 1.82) is 0 Å². The Hall–Kier alpha value is -2.69. The summed E-state index contributed by atoms with van der Waals surface area (Å²) in [5, 5.41) is 0. The maximum Gasteiger partial charge on any atom is 0.289 e. The van der Waals surface area contributed by atoms with Crippen molar-refractivity contribution < 1.29 is 18.8 Å². The van der Waals surface area contributed by atoms with Gasteiger partial charge < -0.3 is 9.32 Å². The standard InChI is InChI=1S/C16H13NO4/c1-8-11-13(19)12(18)9-6-4-5-7-10(9)15(11)21-14(8)16(20)17(2)3/h4-7H,1-3H3. The third kappa shape index (κ3) is 1.74. The zero-order valence-corrected chi connectivity index (χ0v) is 11.9. The minimum absolute atomic E-state index is 0.0999. The average Bonchev–Trinajstić information content (AvgIpc) is 2.82. The summed E-state index contributed by atoms with van der Waals surface area (Å²) in [5.41, 5.74) is 1.48. The van der Waals surface area contributed by atoms with Gasteiger partial charge in [-0.25, -0.2) is 0 Å². The number of carbonyl (C=O) groups is 3. The number of fused-ring (bicyclic) bond motifs is 3. The van der Waals surface area contributed by atoms with Crippen molar-refractivity contribution in [2.45, 2.75) is 6.92 Å². The van der Waals surface area contributed by atoms with Crippen LogP contribution in [0.15, 0.2) is 28.7 Å². The average molecular weight is 283 g/mol. The van der Waals surface area contributed by atoms with Gasteiger partial charge >= 0.3 is 0 Å². The van der Waals surface area contributed by atoms with E-state index in [0.717, 1.165) is 0 Å². The highest BCUT2D eigenvalue weighted by Crippen LogP contribution is 2.38. The highest BCUT2D eigenvalue weighted by molar-refractivity contribution is 6.53. The van der Waals surface area contributed by atoms with Crippen molar-refractivity contribution in [3.63, 3.8) is 0 Å². The molecule has 0 aliphatic heterocycles. The first-order valence-electron chi connectivity index (χ1n) is 6.47. The van der Waals surface area contributed by atoms with Gasteiger partial charge in [0.15, 0.2) is 5.76 Å². The van der Waals surface area contributed by atoms with Gasteiger partial charge in [-0.1, -0.05) is 24.3 Å². The van der Waals surface area contributed by atoms with Crippen molar-refractivity contribution in [2.75, 3.05) is 14.1 Å². The van der Waals surface area contributed by atoms with Gasteiger partial charge in [-0.3, -0.25) is 14.4 Å². The quantitative estimate of drug-likeness (QED) is 0.753. The molecule has 0 saturated heterocycles. The van der Waals surface area contributed by atoms with E-state index < -0.39 is 11.6 Å². The molecule has 0 radical (unpaired) electrons. The van der Waals surface area contributed by atoms with Crippen LogP contribution in [0, 0.1) is 6.92 Å². The number of furan rings is 1. The molecule has 3 rings (SSSR count). The van der Waals surface area contributed by atoms with E-state index >= 15 is 0 Å². The van der Waals surface area contributed by atoms with Crippen LogP contribution in [0.2, 0.25) is 0 Å². The SMILES string of the molecule is Cc1c(C(=O)N(C)C)oc2c1C(=O)C(=O)c1ccccc1-2. The number of benzene rings is 1. The second-order valence-electron chi connectivity index (χ2n) is 5.16. The summed E-state index contributed by atoms with van der Waals surface area (Å²) in [6.07, 6.45) is 0. The molecule has 0 saturated carbocycles. The van der Waals surface area contributed by atoms with Crippen LogP contribution in [-0.2, 0) is 0 Å². The molecule has 0 unspecified atom stereocenters. The summed E-state index contributed by atoms with van der Waals surface area (Å²) in [4.78, 5) is 37.9. The molecule has 1 aromatic carbocycles. The summed E-state index contributed by atoms with van der Waals surface area (Å²) >= 11 is 0. The number of Topliss-reactive ketones (excluding diaryl/α,β-unsaturated/α-hetero) is 2. The largest absolute Gasteiger partial charge is 0.450 e. The van der Waals surface area contributed by atoms with Crippen molar-refractivity contribution in [3.05, 3.63) is 46.7 Å². The normalized spacial score (nSPS) is 12.9. The summed E-state index contributed by atoms with van der Waals surface area (Å²) < 4.78 is 5.64. The van der Waals surface area contributed by atoms with Crippen molar-refractivity contribution in [1.82, 2.24) is 4.90 Å². The fourth-order valence-electron chi connectivity index (χ4n) is 2.50. The van der Waals surface area contributed by atoms with Crippen LogP contribution in [-0.4, -0.2) is 36.5 Å². The second-order valence-corrected chi connectivity index (χ2v) is 5.16. The van der Waals surface area contributed by atoms with Gasteiger partial charge in [0, 0.05) is 30.8 Å². The van der Waals surface area contributed by atoms with E-state index in [4.69, 9.17) is 4.42 Å². The van der Waals surface area contributed by atoms with Crippen molar-refractivity contribution in [2.24, 2.45) is 0 Å². The van der Waals surface area contributed by atoms with Gasteiger partial charge in [0.25, 0.3) is 5.91 Å². The Morgan fingerprint density at radius 3 is 2.29 bits per heavy atom. The smallest absolute Gasteiger partial charge is 0.289 e. The second kappa shape index (κ2) is 4.41. The molecule has 0 spiro atoms. The lowest BCUT2D eigenvalue weighted by Crippen LogP contribution is -2.23. The molecule has 0 N–H and O–H groups in total. The molecular formula is C16H13NO4. The molecule has 5 nitrogen and oxygen atoms in total. The van der Waals surface area contributed by atoms with Crippen molar-refractivity contribution >= 4 is 17.5 Å². The highest BCUT2D eigenvalue weighted by atomic mass is 16.4. The third-order valence-corrected chi connectivity index (χ3v) is 3.60. The third-order valence-electron chi connectivity index (χ3n) is 3.60. The number of rotatable bonds is 1. The van der Waals surface area contributed by atoms with E-state index in [2.05, 4.69) is 0 Å². The number of carbonyl (C=O) groups excluding carboxylic acids is 3. The molecule has 2 aromatic rings. The Morgan fingerprint density at radius 2 is 1.67 bits per heavy atom. The lowest BCUT2D eigenvalue weighted by atomic mass is 9.87. The molecule has 106 valence electrons. The summed E-state index contributed by atoms with van der Waals surface area (Å²) in [7, 11) is 3.20. The predicted octanol–water partition coefficient (Wildman–Crippen LogP) is 2.34. The van der Waals surface area contributed by atoms with Gasteiger partial charge in [-0.2, -0.15) is 0 Å². The topological polar surface area (TPSA) is 67.6 Å². The number of ketones is 2. The number of hydrogen-bond donors (Lipinski definition) is 0. The summed E-state index contributed by atoms with van der Waals surface area (Å²) in [6, 6.07) is 6.75. The van der Waals surface area contributed by atoms with Crippen LogP contribution >= 0.6 is 0 Å². The van der Waals surface area contributed by atoms with Gasteiger partial charge in [0.05, 0.1) is 5.56 Å². The fourth-order valence-corrected chi connectivity index (χ4v) is 2.50. The fraction of sp³-hybridized carbons (Fsp3) is 0.188. The number of amides is 1. The molecule has 21 heavy (non-hydrogen) atoms. The predicted molar refractivity (Wildman–Crippen MR) is 75.6 cm³/mol. The Kier molecular flexibility index (Phi) is 2.79. The Bertz CT molecular complexity index is 799. The first-order chi connectivity index (χ1) is 9.93. The highest BCUT2D eigenvalue weighted by Gasteiger charge is 2.37. The lowest BCUT2D eigenvalue weighted by Gasteiger charge is -2.12. The molecule has 5 heteroatoms. The monoisotopic (exact) mass is 283 g/mol. The molecule has 0 bridgehead atoms. The van der Waals surface area contributed by atoms with Crippen LogP contribution in [0.25, 0.3) is 11.3 Å². The number of hydrogen-bond acceptors (Lipinski definition) is 4. The number of nitrogens with zero attached hydrogens (tertiary/aromatic N) is 1. The van der Waals surface area contributed by atoms with E-state index in [0.29, 0.717) is 22.5 Å². The molecule has 1 aliphatic rings. The minimum atomic E-state index is -0.622. The Balaban J connectivity index is 2.31. The minimum Gasteiger partial charge on any atom is -0.450 e. The summed E-state index contributed by atoms with van der Waals surface area (Å²) in [6.45, 7) is 1.62. The van der Waals surface area contributed by atoms with E-state index in [-0.39, 0.29) is 17.2 Å². The van der Waals surface area contributed by atoms with Crippen LogP contribution in [0.5, 0.6) is 0 Å². The lowest BCUT2D eigenvalue weighted by molar-refractivity contribution is 0.0796. The van der Waals surface area contributed by atoms with Gasteiger partial charge in [0.1, 0.15) is 5.76 Å². The molecule has 1 heterocycles. The first kappa shape index (κ1) is 13.3. The van der Waals surface area contributed by atoms with E-state index in [9.17, 15) is 14.4 Å². The van der Waals surface area contributed by atoms with Crippen LogP contribution < -0.4 is 0 Å². The van der Waals surface area contributed by atoms with Crippen molar-refractivity contribution in [3.8, 4) is 11.3 Å². The van der Waals surface area contributed by atoms with Crippen LogP contribution in [0.3, 0.4) is 0 Å². The van der Waals surface area contributed by atoms with E-state index in [1.807, 2.05) is 0 Å². The molecule has 0 atom stereocenters. The van der Waals surface area contributed by atoms with E-state index in [1.54, 1.807) is 45.3 Å². The zero-order chi connectivity index (χ0) is 15.3. The molecule has 0 fully saturated rings. The molecule has 1 aliphatic carbocycles. The Morgan fingerprint density at radius 1 is 1.05 bits per heavy atom. The van der Waals surface area contributed by atoms with Gasteiger partial charge in [-0.05, 0) is 6.92 Å². The van der Waals surface area contributed by atoms with E-state index in [1.165, 1.54) is 4.90 Å². The van der Waals surface area contributed by atoms with Crippen LogP contribution in [0.4, 0.5) is 0 Å². The molecule has 1 amide bonds. The zero-order valence-electron chi connectivity index (χ0n) is 11.9. The maximum absolute atomic E-state index is 12.3. The molecular weight excluding hydrogens is 270 g/mol. The maximum atomic E-state index is 12.3.